The monoisotopic (exact) mass is 552 g/mol. The fourth-order valence-corrected chi connectivity index (χ4v) is 4.29. The zero-order valence-corrected chi connectivity index (χ0v) is 23.6. The Morgan fingerprint density at radius 1 is 0.974 bits per heavy atom. The quantitative estimate of drug-likeness (QED) is 0.431. The molecule has 1 fully saturated rings. The van der Waals surface area contributed by atoms with E-state index in [1.54, 1.807) is 7.05 Å². The lowest BCUT2D eigenvalue weighted by Gasteiger charge is -2.37. The van der Waals surface area contributed by atoms with Gasteiger partial charge in [-0.2, -0.15) is 4.31 Å². The molecule has 0 unspecified atom stereocenters. The van der Waals surface area contributed by atoms with Gasteiger partial charge >= 0.3 is 11.9 Å². The van der Waals surface area contributed by atoms with E-state index in [9.17, 15) is 18.0 Å². The number of nitrogens with zero attached hydrogens (tertiary/aromatic N) is 4. The molecule has 2 aromatic rings. The SMILES string of the molecule is CC(C)Oc1ccccc1N1CCN(Cc2ccc(CN(C)S(C)(=O)=O)n2C)CC1.O=C(O)CCC(=O)O. The van der Waals surface area contributed by atoms with Crippen LogP contribution in [0.1, 0.15) is 38.1 Å². The number of aromatic nitrogens is 1. The van der Waals surface area contributed by atoms with E-state index in [-0.39, 0.29) is 18.9 Å². The second-order valence-corrected chi connectivity index (χ2v) is 11.7. The van der Waals surface area contributed by atoms with Crippen molar-refractivity contribution in [2.75, 3.05) is 44.4 Å². The maximum atomic E-state index is 11.7. The number of anilines is 1. The highest BCUT2D eigenvalue weighted by Gasteiger charge is 2.21. The van der Waals surface area contributed by atoms with Crippen molar-refractivity contribution >= 4 is 27.6 Å². The van der Waals surface area contributed by atoms with E-state index in [2.05, 4.69) is 46.4 Å². The highest BCUT2D eigenvalue weighted by molar-refractivity contribution is 7.88. The van der Waals surface area contributed by atoms with Crippen molar-refractivity contribution in [1.82, 2.24) is 13.8 Å². The molecule has 0 saturated carbocycles. The number of piperazine rings is 1. The molecule has 0 bridgehead atoms. The standard InChI is InChI=1S/C22H34N4O3S.C4H6O4/c1-18(2)29-22-9-7-6-8-21(22)26-14-12-25(13-15-26)17-20-11-10-19(24(20)4)16-23(3)30(5,27)28;5-3(6)1-2-4(7)8/h6-11,18H,12-17H2,1-5H3;1-2H2,(H,5,6)(H,7,8). The van der Waals surface area contributed by atoms with Gasteiger partial charge in [0.05, 0.1) is 37.4 Å². The summed E-state index contributed by atoms with van der Waals surface area (Å²) in [6.45, 7) is 9.19. The number of carboxylic acids is 2. The molecule has 1 saturated heterocycles. The molecule has 0 atom stereocenters. The van der Waals surface area contributed by atoms with Crippen LogP contribution in [0.2, 0.25) is 0 Å². The first-order chi connectivity index (χ1) is 17.8. The smallest absolute Gasteiger partial charge is 0.303 e. The van der Waals surface area contributed by atoms with Crippen LogP contribution in [0.25, 0.3) is 0 Å². The molecule has 1 aliphatic heterocycles. The van der Waals surface area contributed by atoms with E-state index in [1.807, 2.05) is 25.2 Å². The topological polar surface area (TPSA) is 133 Å². The van der Waals surface area contributed by atoms with Crippen molar-refractivity contribution in [2.24, 2.45) is 7.05 Å². The van der Waals surface area contributed by atoms with Crippen LogP contribution < -0.4 is 9.64 Å². The average molecular weight is 553 g/mol. The molecule has 0 amide bonds. The molecular formula is C26H40N4O7S. The van der Waals surface area contributed by atoms with Gasteiger partial charge in [0.2, 0.25) is 10.0 Å². The first kappa shape index (κ1) is 31.1. The molecule has 2 heterocycles. The predicted octanol–water partition coefficient (Wildman–Crippen LogP) is 2.46. The molecule has 12 heteroatoms. The van der Waals surface area contributed by atoms with Gasteiger partial charge in [-0.3, -0.25) is 14.5 Å². The number of carbonyl (C=O) groups is 2. The van der Waals surface area contributed by atoms with Gasteiger partial charge in [0.15, 0.2) is 0 Å². The summed E-state index contributed by atoms with van der Waals surface area (Å²) in [5.74, 6) is -1.21. The van der Waals surface area contributed by atoms with Crippen LogP contribution in [0, 0.1) is 0 Å². The van der Waals surface area contributed by atoms with Crippen LogP contribution in [0.15, 0.2) is 36.4 Å². The molecule has 1 aromatic carbocycles. The maximum absolute atomic E-state index is 11.7. The number of carboxylic acid groups (broad SMARTS) is 2. The van der Waals surface area contributed by atoms with Crippen molar-refractivity contribution in [2.45, 2.75) is 45.9 Å². The van der Waals surface area contributed by atoms with Crippen LogP contribution in [0.3, 0.4) is 0 Å². The van der Waals surface area contributed by atoms with Crippen molar-refractivity contribution < 1.29 is 33.0 Å². The van der Waals surface area contributed by atoms with Crippen molar-refractivity contribution in [3.8, 4) is 5.75 Å². The summed E-state index contributed by atoms with van der Waals surface area (Å²) < 4.78 is 32.9. The number of ether oxygens (including phenoxy) is 1. The Labute approximate surface area is 225 Å². The Balaban J connectivity index is 0.000000550. The molecule has 11 nitrogen and oxygen atoms in total. The molecule has 3 rings (SSSR count). The van der Waals surface area contributed by atoms with Crippen LogP contribution in [-0.4, -0.2) is 89.9 Å². The lowest BCUT2D eigenvalue weighted by Crippen LogP contribution is -2.46. The van der Waals surface area contributed by atoms with Gasteiger partial charge in [-0.15, -0.1) is 0 Å². The number of benzene rings is 1. The van der Waals surface area contributed by atoms with E-state index < -0.39 is 22.0 Å². The molecule has 0 spiro atoms. The summed E-state index contributed by atoms with van der Waals surface area (Å²) in [4.78, 5) is 24.1. The first-order valence-electron chi connectivity index (χ1n) is 12.5. The molecule has 38 heavy (non-hydrogen) atoms. The Kier molecular flexibility index (Phi) is 11.6. The summed E-state index contributed by atoms with van der Waals surface area (Å²) in [6.07, 6.45) is 0.798. The molecule has 1 aromatic heterocycles. The summed E-state index contributed by atoms with van der Waals surface area (Å²) in [7, 11) is 0.438. The lowest BCUT2D eigenvalue weighted by molar-refractivity contribution is -0.143. The molecule has 0 aliphatic carbocycles. The zero-order chi connectivity index (χ0) is 28.5. The minimum atomic E-state index is -3.19. The van der Waals surface area contributed by atoms with Crippen LogP contribution in [0.4, 0.5) is 5.69 Å². The molecule has 2 N–H and O–H groups in total. The minimum absolute atomic E-state index is 0.153. The summed E-state index contributed by atoms with van der Waals surface area (Å²) >= 11 is 0. The number of rotatable bonds is 11. The third kappa shape index (κ3) is 9.99. The van der Waals surface area contributed by atoms with Gasteiger partial charge in [-0.1, -0.05) is 12.1 Å². The largest absolute Gasteiger partial charge is 0.489 e. The maximum Gasteiger partial charge on any atom is 0.303 e. The summed E-state index contributed by atoms with van der Waals surface area (Å²) in [5, 5.41) is 15.8. The third-order valence-corrected chi connectivity index (χ3v) is 7.42. The van der Waals surface area contributed by atoms with E-state index in [0.29, 0.717) is 6.54 Å². The molecule has 1 aliphatic rings. The van der Waals surface area contributed by atoms with E-state index in [1.165, 1.54) is 16.3 Å². The highest BCUT2D eigenvalue weighted by Crippen LogP contribution is 2.30. The number of hydrogen-bond acceptors (Lipinski definition) is 7. The van der Waals surface area contributed by atoms with Gasteiger partial charge in [0.25, 0.3) is 0 Å². The first-order valence-corrected chi connectivity index (χ1v) is 14.3. The second-order valence-electron chi connectivity index (χ2n) is 9.58. The van der Waals surface area contributed by atoms with Gasteiger partial charge < -0.3 is 24.4 Å². The van der Waals surface area contributed by atoms with Gasteiger partial charge in [0, 0.05) is 58.2 Å². The predicted molar refractivity (Wildman–Crippen MR) is 146 cm³/mol. The Bertz CT molecular complexity index is 1160. The van der Waals surface area contributed by atoms with Crippen molar-refractivity contribution in [3.05, 3.63) is 47.8 Å². The van der Waals surface area contributed by atoms with Crippen molar-refractivity contribution in [3.63, 3.8) is 0 Å². The second kappa shape index (κ2) is 14.2. The number of aliphatic carboxylic acids is 2. The molecule has 212 valence electrons. The molecular weight excluding hydrogens is 512 g/mol. The van der Waals surface area contributed by atoms with E-state index in [0.717, 1.165) is 49.9 Å². The van der Waals surface area contributed by atoms with Crippen LogP contribution in [-0.2, 0) is 39.7 Å². The summed E-state index contributed by atoms with van der Waals surface area (Å²) in [5.41, 5.74) is 3.36. The normalized spacial score (nSPS) is 14.3. The minimum Gasteiger partial charge on any atom is -0.489 e. The Morgan fingerprint density at radius 2 is 1.53 bits per heavy atom. The summed E-state index contributed by atoms with van der Waals surface area (Å²) in [6, 6.07) is 12.4. The van der Waals surface area contributed by atoms with Gasteiger partial charge in [0.1, 0.15) is 5.75 Å². The van der Waals surface area contributed by atoms with Crippen LogP contribution in [0.5, 0.6) is 5.75 Å². The van der Waals surface area contributed by atoms with Gasteiger partial charge in [-0.05, 0) is 38.1 Å². The van der Waals surface area contributed by atoms with Gasteiger partial charge in [-0.25, -0.2) is 8.42 Å². The number of para-hydroxylation sites is 2. The Hall–Kier alpha value is -3.09. The average Bonchev–Trinajstić information content (AvgIpc) is 3.17. The molecule has 0 radical (unpaired) electrons. The van der Waals surface area contributed by atoms with Crippen LogP contribution >= 0.6 is 0 Å². The van der Waals surface area contributed by atoms with E-state index in [4.69, 9.17) is 14.9 Å². The number of sulfonamides is 1. The fourth-order valence-electron chi connectivity index (χ4n) is 3.93. The zero-order valence-electron chi connectivity index (χ0n) is 22.8. The highest BCUT2D eigenvalue weighted by atomic mass is 32.2. The number of hydrogen-bond donors (Lipinski definition) is 2. The van der Waals surface area contributed by atoms with E-state index >= 15 is 0 Å². The lowest BCUT2D eigenvalue weighted by atomic mass is 10.2. The van der Waals surface area contributed by atoms with Crippen molar-refractivity contribution in [1.29, 1.82) is 0 Å². The fraction of sp³-hybridized carbons (Fsp3) is 0.538. The third-order valence-electron chi connectivity index (χ3n) is 6.16. The Morgan fingerprint density at radius 3 is 2.05 bits per heavy atom.